The van der Waals surface area contributed by atoms with Crippen molar-refractivity contribution < 1.29 is 28.4 Å². The van der Waals surface area contributed by atoms with E-state index in [0.717, 1.165) is 12.8 Å². The molecule has 0 radical (unpaired) electrons. The van der Waals surface area contributed by atoms with E-state index in [0.29, 0.717) is 31.0 Å². The number of hydrogen-bond acceptors (Lipinski definition) is 5. The number of nitrogens with one attached hydrogen (secondary N) is 2. The number of amides is 2. The molecule has 37 heavy (non-hydrogen) atoms. The van der Waals surface area contributed by atoms with Crippen molar-refractivity contribution in [3.05, 3.63) is 0 Å². The Labute approximate surface area is 221 Å². The van der Waals surface area contributed by atoms with Crippen LogP contribution in [0.2, 0.25) is 6.32 Å². The van der Waals surface area contributed by atoms with E-state index >= 15 is 4.39 Å². The normalized spacial score (nSPS) is 45.7. The number of aliphatic hydroxyl groups excluding tert-OH is 1. The third kappa shape index (κ3) is 4.35. The summed E-state index contributed by atoms with van der Waals surface area (Å²) < 4.78 is 28.1. The third-order valence-corrected chi connectivity index (χ3v) is 10.8. The molecule has 2 amide bonds. The van der Waals surface area contributed by atoms with Crippen LogP contribution in [0, 0.1) is 35.0 Å². The van der Waals surface area contributed by atoms with Crippen molar-refractivity contribution in [2.75, 3.05) is 0 Å². The number of carbonyl (C=O) groups excluding carboxylic acids is 2. The summed E-state index contributed by atoms with van der Waals surface area (Å²) in [6.07, 6.45) is 2.54. The van der Waals surface area contributed by atoms with Crippen molar-refractivity contribution >= 4 is 18.9 Å². The first-order valence-corrected chi connectivity index (χ1v) is 14.4. The first kappa shape index (κ1) is 27.4. The molecule has 1 heterocycles. The van der Waals surface area contributed by atoms with Gasteiger partial charge in [-0.3, -0.25) is 9.59 Å². The fraction of sp³-hybridized carbons (Fsp3) is 0.929. The van der Waals surface area contributed by atoms with E-state index in [1.165, 1.54) is 13.3 Å². The number of rotatable bonds is 6. The molecule has 0 spiro atoms. The Balaban J connectivity index is 1.31. The van der Waals surface area contributed by atoms with Gasteiger partial charge in [0, 0.05) is 12.5 Å². The van der Waals surface area contributed by atoms with Crippen LogP contribution in [0.5, 0.6) is 0 Å². The predicted molar refractivity (Wildman–Crippen MR) is 139 cm³/mol. The Hall–Kier alpha value is -1.19. The number of hydrogen-bond donors (Lipinski definition) is 3. The molecule has 6 rings (SSSR count). The molecular weight excluding hydrogens is 474 g/mol. The van der Waals surface area contributed by atoms with E-state index in [1.807, 2.05) is 20.8 Å². The highest BCUT2D eigenvalue weighted by Gasteiger charge is 2.68. The summed E-state index contributed by atoms with van der Waals surface area (Å²) in [6.45, 7) is 14.0. The zero-order chi connectivity index (χ0) is 27.1. The van der Waals surface area contributed by atoms with E-state index in [1.54, 1.807) is 0 Å². The van der Waals surface area contributed by atoms with Crippen molar-refractivity contribution in [1.29, 1.82) is 0 Å². The summed E-state index contributed by atoms with van der Waals surface area (Å²) in [5.74, 6) is -0.260. The van der Waals surface area contributed by atoms with Crippen LogP contribution >= 0.6 is 0 Å². The van der Waals surface area contributed by atoms with Crippen LogP contribution in [-0.4, -0.2) is 59.1 Å². The van der Waals surface area contributed by atoms with Crippen LogP contribution in [0.3, 0.4) is 0 Å². The van der Waals surface area contributed by atoms with Gasteiger partial charge in [-0.2, -0.15) is 0 Å². The minimum atomic E-state index is -1.38. The van der Waals surface area contributed by atoms with Gasteiger partial charge < -0.3 is 25.0 Å². The van der Waals surface area contributed by atoms with Crippen molar-refractivity contribution in [3.8, 4) is 0 Å². The molecule has 5 saturated carbocycles. The van der Waals surface area contributed by atoms with Gasteiger partial charge in [-0.25, -0.2) is 4.39 Å². The van der Waals surface area contributed by atoms with Gasteiger partial charge in [-0.05, 0) is 101 Å². The van der Waals surface area contributed by atoms with Crippen LogP contribution in [-0.2, 0) is 18.9 Å². The summed E-state index contributed by atoms with van der Waals surface area (Å²) in [5.41, 5.74) is -1.66. The number of alkyl halides is 1. The van der Waals surface area contributed by atoms with Crippen LogP contribution in [0.1, 0.15) is 87.0 Å². The average molecular weight is 520 g/mol. The molecule has 208 valence electrons. The van der Waals surface area contributed by atoms with Gasteiger partial charge in [0.05, 0.1) is 17.8 Å². The van der Waals surface area contributed by atoms with Crippen molar-refractivity contribution in [3.63, 3.8) is 0 Å². The maximum atomic E-state index is 15.1. The maximum Gasteiger partial charge on any atom is 0.457 e. The number of fused-ring (bicyclic) bond motifs is 1. The molecule has 5 aliphatic carbocycles. The molecule has 0 aromatic rings. The number of halogens is 1. The summed E-state index contributed by atoms with van der Waals surface area (Å²) in [5, 5.41) is 16.3. The summed E-state index contributed by atoms with van der Waals surface area (Å²) in [6, 6.07) is 0. The second-order valence-corrected chi connectivity index (χ2v) is 14.6. The first-order chi connectivity index (χ1) is 17.1. The molecule has 1 aliphatic heterocycles. The van der Waals surface area contributed by atoms with Gasteiger partial charge in [0.15, 0.2) is 0 Å². The van der Waals surface area contributed by atoms with E-state index in [2.05, 4.69) is 31.4 Å². The highest BCUT2D eigenvalue weighted by molar-refractivity contribution is 6.45. The van der Waals surface area contributed by atoms with Gasteiger partial charge in [-0.15, -0.1) is 0 Å². The SMILES string of the molecule is CC(=O)N[C@@]1(C(=O)NC(C)(C)C)C[C@H]2[C@H](F)[C@H](O)C[C@H]2[C@@H]1CCCB1O[C@@H]2C[C@@H]3C[C@@H](C3(C)C)[C@]2(C)O1. The largest absolute Gasteiger partial charge is 0.457 e. The molecule has 3 N–H and O–H groups in total. The standard InChI is InChI=1S/C28H46BFN2O5/c1-15(33)31-28(24(35)32-25(2,3)4)14-18-17(13-20(34)23(18)30)19(28)9-8-10-29-36-22-12-16-11-21(26(16,5)6)27(22,7)37-29/h16-23,34H,8-14H2,1-7H3,(H,31,33)(H,32,35)/t16-,17+,18+,19-,20+,21-,22+,23-,27-,28-/m0/s1. The molecule has 0 aromatic carbocycles. The molecule has 2 bridgehead atoms. The summed E-state index contributed by atoms with van der Waals surface area (Å²) in [4.78, 5) is 26.1. The second-order valence-electron chi connectivity index (χ2n) is 14.6. The minimum Gasteiger partial charge on any atom is -0.405 e. The van der Waals surface area contributed by atoms with Crippen LogP contribution in [0.25, 0.3) is 0 Å². The zero-order valence-corrected chi connectivity index (χ0v) is 23.6. The number of carbonyl (C=O) groups is 2. The van der Waals surface area contributed by atoms with Gasteiger partial charge in [-0.1, -0.05) is 20.3 Å². The fourth-order valence-electron chi connectivity index (χ4n) is 8.99. The quantitative estimate of drug-likeness (QED) is 0.465. The van der Waals surface area contributed by atoms with E-state index in [-0.39, 0.29) is 54.3 Å². The van der Waals surface area contributed by atoms with Gasteiger partial charge in [0.25, 0.3) is 0 Å². The zero-order valence-electron chi connectivity index (χ0n) is 23.6. The summed E-state index contributed by atoms with van der Waals surface area (Å²) >= 11 is 0. The molecule has 6 fully saturated rings. The second kappa shape index (κ2) is 8.92. The average Bonchev–Trinajstić information content (AvgIpc) is 3.35. The highest BCUT2D eigenvalue weighted by atomic mass is 19.1. The molecule has 0 unspecified atom stereocenters. The topological polar surface area (TPSA) is 96.9 Å². The predicted octanol–water partition coefficient (Wildman–Crippen LogP) is 3.64. The van der Waals surface area contributed by atoms with Crippen molar-refractivity contribution in [2.24, 2.45) is 35.0 Å². The molecule has 6 aliphatic rings. The lowest BCUT2D eigenvalue weighted by Crippen LogP contribution is -2.65. The van der Waals surface area contributed by atoms with Crippen LogP contribution in [0.4, 0.5) is 4.39 Å². The van der Waals surface area contributed by atoms with E-state index in [9.17, 15) is 14.7 Å². The fourth-order valence-corrected chi connectivity index (χ4v) is 8.99. The van der Waals surface area contributed by atoms with Gasteiger partial charge in [0.1, 0.15) is 11.7 Å². The van der Waals surface area contributed by atoms with Crippen LogP contribution in [0.15, 0.2) is 0 Å². The first-order valence-electron chi connectivity index (χ1n) is 14.4. The molecule has 7 nitrogen and oxygen atoms in total. The van der Waals surface area contributed by atoms with Gasteiger partial charge in [0.2, 0.25) is 11.8 Å². The molecule has 1 saturated heterocycles. The Morgan fingerprint density at radius 2 is 1.84 bits per heavy atom. The summed E-state index contributed by atoms with van der Waals surface area (Å²) in [7, 11) is -0.288. The van der Waals surface area contributed by atoms with Crippen molar-refractivity contribution in [2.45, 2.75) is 128 Å². The Bertz CT molecular complexity index is 942. The Kier molecular flexibility index (Phi) is 6.60. The van der Waals surface area contributed by atoms with Gasteiger partial charge >= 0.3 is 7.12 Å². The van der Waals surface area contributed by atoms with Crippen molar-refractivity contribution in [1.82, 2.24) is 10.6 Å². The molecule has 9 heteroatoms. The van der Waals surface area contributed by atoms with E-state index in [4.69, 9.17) is 9.31 Å². The Morgan fingerprint density at radius 3 is 2.46 bits per heavy atom. The lowest BCUT2D eigenvalue weighted by molar-refractivity contribution is -0.199. The van der Waals surface area contributed by atoms with Crippen LogP contribution < -0.4 is 10.6 Å². The lowest BCUT2D eigenvalue weighted by Gasteiger charge is -2.64. The minimum absolute atomic E-state index is 0.124. The number of aliphatic hydroxyl groups is 1. The molecule has 0 aromatic heterocycles. The lowest BCUT2D eigenvalue weighted by atomic mass is 9.43. The molecular formula is C28H46BFN2O5. The third-order valence-electron chi connectivity index (χ3n) is 10.8. The maximum absolute atomic E-state index is 15.1. The van der Waals surface area contributed by atoms with E-state index < -0.39 is 29.3 Å². The Morgan fingerprint density at radius 1 is 1.14 bits per heavy atom. The highest BCUT2D eigenvalue weighted by Crippen LogP contribution is 2.66. The smallest absolute Gasteiger partial charge is 0.405 e. The monoisotopic (exact) mass is 520 g/mol. The molecule has 10 atom stereocenters.